The molecule has 62 valence electrons. The first kappa shape index (κ1) is 9.96. The van der Waals surface area contributed by atoms with E-state index in [4.69, 9.17) is 5.73 Å². The van der Waals surface area contributed by atoms with Crippen molar-refractivity contribution in [3.8, 4) is 0 Å². The fraction of sp³-hybridized carbons (Fsp3) is 1.00. The molecule has 0 aromatic carbocycles. The van der Waals surface area contributed by atoms with Gasteiger partial charge in [-0.15, -0.1) is 0 Å². The molecule has 0 spiro atoms. The van der Waals surface area contributed by atoms with Crippen LogP contribution in [0.2, 0.25) is 0 Å². The van der Waals surface area contributed by atoms with Crippen molar-refractivity contribution in [2.75, 3.05) is 6.54 Å². The summed E-state index contributed by atoms with van der Waals surface area (Å²) in [6.07, 6.45) is 3.84. The molecular weight excluding hydrogens is 122 g/mol. The Bertz CT molecular complexity index is 63.1. The number of rotatable bonds is 5. The topological polar surface area (TPSA) is 26.0 Å². The molecule has 10 heavy (non-hydrogen) atoms. The van der Waals surface area contributed by atoms with Crippen LogP contribution in [0, 0.1) is 11.8 Å². The first-order valence-electron chi connectivity index (χ1n) is 4.42. The summed E-state index contributed by atoms with van der Waals surface area (Å²) >= 11 is 0. The lowest BCUT2D eigenvalue weighted by Crippen LogP contribution is -2.13. The zero-order chi connectivity index (χ0) is 7.98. The highest BCUT2D eigenvalue weighted by Gasteiger charge is 2.09. The van der Waals surface area contributed by atoms with E-state index in [1.165, 1.54) is 19.3 Å². The van der Waals surface area contributed by atoms with Crippen molar-refractivity contribution in [2.45, 2.75) is 40.0 Å². The van der Waals surface area contributed by atoms with Gasteiger partial charge in [0.05, 0.1) is 0 Å². The van der Waals surface area contributed by atoms with Gasteiger partial charge in [0.15, 0.2) is 0 Å². The Balaban J connectivity index is 3.50. The third-order valence-electron chi connectivity index (χ3n) is 2.14. The quantitative estimate of drug-likeness (QED) is 0.628. The van der Waals surface area contributed by atoms with E-state index in [0.717, 1.165) is 18.4 Å². The first-order chi connectivity index (χ1) is 4.72. The summed E-state index contributed by atoms with van der Waals surface area (Å²) in [4.78, 5) is 0. The van der Waals surface area contributed by atoms with Gasteiger partial charge in [-0.3, -0.25) is 0 Å². The van der Waals surface area contributed by atoms with Crippen LogP contribution in [0.15, 0.2) is 0 Å². The van der Waals surface area contributed by atoms with E-state index < -0.39 is 0 Å². The summed E-state index contributed by atoms with van der Waals surface area (Å²) in [7, 11) is 0. The van der Waals surface area contributed by atoms with E-state index in [1.54, 1.807) is 0 Å². The lowest BCUT2D eigenvalue weighted by Gasteiger charge is -2.18. The Morgan fingerprint density at radius 3 is 2.10 bits per heavy atom. The van der Waals surface area contributed by atoms with Crippen molar-refractivity contribution in [1.29, 1.82) is 0 Å². The third-order valence-corrected chi connectivity index (χ3v) is 2.14. The van der Waals surface area contributed by atoms with Crippen LogP contribution in [-0.2, 0) is 0 Å². The lowest BCUT2D eigenvalue weighted by atomic mass is 9.89. The molecule has 0 fully saturated rings. The minimum Gasteiger partial charge on any atom is -0.330 e. The van der Waals surface area contributed by atoms with Crippen molar-refractivity contribution in [3.05, 3.63) is 0 Å². The molecule has 0 unspecified atom stereocenters. The smallest absolute Gasteiger partial charge is 0.00745 e. The van der Waals surface area contributed by atoms with Gasteiger partial charge in [0.2, 0.25) is 0 Å². The Morgan fingerprint density at radius 1 is 1.20 bits per heavy atom. The molecule has 0 heterocycles. The molecule has 0 aliphatic heterocycles. The minimum atomic E-state index is 0.809. The summed E-state index contributed by atoms with van der Waals surface area (Å²) in [5.74, 6) is 1.67. The van der Waals surface area contributed by atoms with Crippen molar-refractivity contribution < 1.29 is 0 Å². The van der Waals surface area contributed by atoms with Gasteiger partial charge in [0, 0.05) is 0 Å². The second kappa shape index (κ2) is 5.72. The van der Waals surface area contributed by atoms with Crippen LogP contribution in [-0.4, -0.2) is 6.54 Å². The van der Waals surface area contributed by atoms with E-state index in [1.807, 2.05) is 0 Å². The zero-order valence-corrected chi connectivity index (χ0v) is 7.56. The van der Waals surface area contributed by atoms with Gasteiger partial charge in [0.1, 0.15) is 0 Å². The predicted octanol–water partition coefficient (Wildman–Crippen LogP) is 2.41. The van der Waals surface area contributed by atoms with Gasteiger partial charge in [-0.1, -0.05) is 33.6 Å². The van der Waals surface area contributed by atoms with Crippen LogP contribution in [0.4, 0.5) is 0 Å². The van der Waals surface area contributed by atoms with E-state index in [9.17, 15) is 0 Å². The molecule has 2 N–H and O–H groups in total. The van der Waals surface area contributed by atoms with E-state index in [-0.39, 0.29) is 0 Å². The SMILES string of the molecule is CCC[C@@H](CCN)C(C)C. The van der Waals surface area contributed by atoms with Crippen LogP contribution in [0.1, 0.15) is 40.0 Å². The van der Waals surface area contributed by atoms with E-state index in [2.05, 4.69) is 20.8 Å². The molecule has 0 saturated heterocycles. The fourth-order valence-electron chi connectivity index (χ4n) is 1.40. The molecule has 0 radical (unpaired) electrons. The van der Waals surface area contributed by atoms with Crippen LogP contribution in [0.5, 0.6) is 0 Å². The Kier molecular flexibility index (Phi) is 5.70. The predicted molar refractivity (Wildman–Crippen MR) is 46.9 cm³/mol. The highest BCUT2D eigenvalue weighted by Crippen LogP contribution is 2.19. The molecule has 0 aliphatic carbocycles. The van der Waals surface area contributed by atoms with Gasteiger partial charge in [-0.25, -0.2) is 0 Å². The number of hydrogen-bond donors (Lipinski definition) is 1. The maximum Gasteiger partial charge on any atom is -0.00745 e. The van der Waals surface area contributed by atoms with E-state index in [0.29, 0.717) is 0 Å². The molecule has 0 aliphatic rings. The Labute approximate surface area is 65.0 Å². The fourth-order valence-corrected chi connectivity index (χ4v) is 1.40. The number of hydrogen-bond acceptors (Lipinski definition) is 1. The van der Waals surface area contributed by atoms with Gasteiger partial charge in [-0.05, 0) is 24.8 Å². The van der Waals surface area contributed by atoms with Crippen LogP contribution in [0.25, 0.3) is 0 Å². The molecule has 0 aromatic rings. The van der Waals surface area contributed by atoms with Crippen LogP contribution < -0.4 is 5.73 Å². The van der Waals surface area contributed by atoms with Gasteiger partial charge in [-0.2, -0.15) is 0 Å². The van der Waals surface area contributed by atoms with Gasteiger partial charge in [0.25, 0.3) is 0 Å². The lowest BCUT2D eigenvalue weighted by molar-refractivity contribution is 0.338. The normalized spacial score (nSPS) is 14.1. The average molecular weight is 143 g/mol. The zero-order valence-electron chi connectivity index (χ0n) is 7.56. The Hall–Kier alpha value is -0.0400. The second-order valence-corrected chi connectivity index (χ2v) is 3.37. The molecule has 0 amide bonds. The summed E-state index contributed by atoms with van der Waals surface area (Å²) in [5, 5.41) is 0. The molecular formula is C9H21N. The van der Waals surface area contributed by atoms with E-state index >= 15 is 0 Å². The largest absolute Gasteiger partial charge is 0.330 e. The average Bonchev–Trinajstić information content (AvgIpc) is 1.87. The summed E-state index contributed by atoms with van der Waals surface area (Å²) < 4.78 is 0. The van der Waals surface area contributed by atoms with Crippen molar-refractivity contribution in [3.63, 3.8) is 0 Å². The number of nitrogens with two attached hydrogens (primary N) is 1. The molecule has 0 saturated carbocycles. The summed E-state index contributed by atoms with van der Waals surface area (Å²) in [6, 6.07) is 0. The molecule has 1 nitrogen and oxygen atoms in total. The monoisotopic (exact) mass is 143 g/mol. The highest BCUT2D eigenvalue weighted by molar-refractivity contribution is 4.62. The van der Waals surface area contributed by atoms with Gasteiger partial charge >= 0.3 is 0 Å². The standard InChI is InChI=1S/C9H21N/c1-4-5-9(6-7-10)8(2)3/h8-9H,4-7,10H2,1-3H3/t9-/m0/s1. The summed E-state index contributed by atoms with van der Waals surface area (Å²) in [5.41, 5.74) is 5.50. The maximum atomic E-state index is 5.50. The maximum absolute atomic E-state index is 5.50. The molecule has 1 heteroatoms. The first-order valence-corrected chi connectivity index (χ1v) is 4.42. The van der Waals surface area contributed by atoms with Crippen LogP contribution >= 0.6 is 0 Å². The highest BCUT2D eigenvalue weighted by atomic mass is 14.5. The Morgan fingerprint density at radius 2 is 1.80 bits per heavy atom. The minimum absolute atomic E-state index is 0.809. The van der Waals surface area contributed by atoms with Gasteiger partial charge < -0.3 is 5.73 Å². The molecule has 0 aromatic heterocycles. The molecule has 0 bridgehead atoms. The third kappa shape index (κ3) is 3.89. The van der Waals surface area contributed by atoms with Crippen molar-refractivity contribution in [2.24, 2.45) is 17.6 Å². The van der Waals surface area contributed by atoms with Crippen molar-refractivity contribution >= 4 is 0 Å². The summed E-state index contributed by atoms with van der Waals surface area (Å²) in [6.45, 7) is 7.67. The second-order valence-electron chi connectivity index (χ2n) is 3.37. The van der Waals surface area contributed by atoms with Crippen molar-refractivity contribution in [1.82, 2.24) is 0 Å². The molecule has 0 rings (SSSR count). The van der Waals surface area contributed by atoms with Crippen LogP contribution in [0.3, 0.4) is 0 Å². The molecule has 1 atom stereocenters.